The molecule has 2 aromatic heterocycles. The lowest BCUT2D eigenvalue weighted by Gasteiger charge is -2.13. The molecule has 0 fully saturated rings. The first-order valence-electron chi connectivity index (χ1n) is 14.3. The van der Waals surface area contributed by atoms with Gasteiger partial charge in [0.25, 0.3) is 0 Å². The fraction of sp³-hybridized carbons (Fsp3) is 0.0526. The largest absolute Gasteiger partial charge is 0.456 e. The lowest BCUT2D eigenvalue weighted by molar-refractivity contribution is 0.595. The van der Waals surface area contributed by atoms with Gasteiger partial charge in [-0.2, -0.15) is 0 Å². The molecule has 43 heavy (non-hydrogen) atoms. The summed E-state index contributed by atoms with van der Waals surface area (Å²) in [5.74, 6) is 0.0147. The smallest absolute Gasteiger partial charge is 0.158 e. The number of hydrogen-bond acceptors (Lipinski definition) is 4. The zero-order chi connectivity index (χ0) is 28.7. The number of fused-ring (bicyclic) bond motifs is 9. The van der Waals surface area contributed by atoms with Gasteiger partial charge in [-0.25, -0.2) is 8.42 Å². The van der Waals surface area contributed by atoms with Crippen LogP contribution in [0, 0.1) is 0 Å². The van der Waals surface area contributed by atoms with Crippen molar-refractivity contribution >= 4 is 53.7 Å². The minimum absolute atomic E-state index is 0.00636. The maximum absolute atomic E-state index is 13.2. The molecule has 5 heteroatoms. The van der Waals surface area contributed by atoms with E-state index < -0.39 is 9.84 Å². The van der Waals surface area contributed by atoms with E-state index in [2.05, 4.69) is 60.7 Å². The van der Waals surface area contributed by atoms with Crippen molar-refractivity contribution in [1.82, 2.24) is 0 Å². The van der Waals surface area contributed by atoms with Crippen LogP contribution in [0.5, 0.6) is 0 Å². The first-order chi connectivity index (χ1) is 21.0. The van der Waals surface area contributed by atoms with E-state index >= 15 is 0 Å². The third-order valence-electron chi connectivity index (χ3n) is 8.69. The van der Waals surface area contributed by atoms with Gasteiger partial charge in [0.2, 0.25) is 0 Å². The predicted molar refractivity (Wildman–Crippen MR) is 174 cm³/mol. The van der Waals surface area contributed by atoms with Crippen molar-refractivity contribution in [3.05, 3.63) is 132 Å². The van der Waals surface area contributed by atoms with Gasteiger partial charge in [0.15, 0.2) is 9.84 Å². The van der Waals surface area contributed by atoms with Crippen molar-refractivity contribution in [2.24, 2.45) is 0 Å². The maximum atomic E-state index is 13.2. The zero-order valence-electron chi connectivity index (χ0n) is 23.0. The minimum atomic E-state index is -3.33. The number of furan rings is 2. The summed E-state index contributed by atoms with van der Waals surface area (Å²) >= 11 is 0. The quantitative estimate of drug-likeness (QED) is 0.205. The Kier molecular flexibility index (Phi) is 5.08. The van der Waals surface area contributed by atoms with Gasteiger partial charge in [0.05, 0.1) is 11.5 Å². The standard InChI is InChI=1S/C38H24O4S/c39-43(40)21-26-14-12-23(24-16-17-31-29-6-1-3-10-35(29)41-37(31)20-24)18-33(26)34-19-25(13-15-27(34)22-43)28-8-5-9-32-30-7-2-4-11-36(30)42-38(28)32/h1-20H,21-22H2. The molecule has 0 atom stereocenters. The zero-order valence-corrected chi connectivity index (χ0v) is 23.8. The Morgan fingerprint density at radius 2 is 1.00 bits per heavy atom. The molecular weight excluding hydrogens is 552 g/mol. The molecule has 0 amide bonds. The van der Waals surface area contributed by atoms with Gasteiger partial charge >= 0.3 is 0 Å². The highest BCUT2D eigenvalue weighted by Crippen LogP contribution is 2.42. The highest BCUT2D eigenvalue weighted by Gasteiger charge is 2.25. The molecule has 4 nitrogen and oxygen atoms in total. The molecule has 206 valence electrons. The summed E-state index contributed by atoms with van der Waals surface area (Å²) in [7, 11) is -3.33. The second kappa shape index (κ2) is 8.93. The van der Waals surface area contributed by atoms with Crippen LogP contribution in [-0.4, -0.2) is 8.42 Å². The van der Waals surface area contributed by atoms with E-state index in [0.717, 1.165) is 88.4 Å². The molecule has 0 unspecified atom stereocenters. The SMILES string of the molecule is O=S1(=O)Cc2ccc(-c3ccc4c(c3)oc3ccccc34)cc2-c2cc(-c3cccc4c3oc3ccccc34)ccc2C1. The van der Waals surface area contributed by atoms with E-state index in [1.54, 1.807) is 0 Å². The molecule has 9 rings (SSSR count). The Morgan fingerprint density at radius 3 is 1.77 bits per heavy atom. The monoisotopic (exact) mass is 576 g/mol. The van der Waals surface area contributed by atoms with E-state index in [9.17, 15) is 8.42 Å². The number of para-hydroxylation sites is 3. The number of rotatable bonds is 2. The Labute approximate surface area is 247 Å². The maximum Gasteiger partial charge on any atom is 0.158 e. The molecule has 0 radical (unpaired) electrons. The van der Waals surface area contributed by atoms with Crippen molar-refractivity contribution in [3.63, 3.8) is 0 Å². The Morgan fingerprint density at radius 1 is 0.442 bits per heavy atom. The second-order valence-electron chi connectivity index (χ2n) is 11.4. The van der Waals surface area contributed by atoms with Crippen LogP contribution >= 0.6 is 0 Å². The van der Waals surface area contributed by atoms with Crippen LogP contribution in [0.1, 0.15) is 11.1 Å². The van der Waals surface area contributed by atoms with Crippen LogP contribution in [0.4, 0.5) is 0 Å². The summed E-state index contributed by atoms with van der Waals surface area (Å²) in [5.41, 5.74) is 10.9. The average Bonchev–Trinajstić information content (AvgIpc) is 3.56. The van der Waals surface area contributed by atoms with Crippen LogP contribution in [0.15, 0.2) is 130 Å². The molecule has 3 heterocycles. The molecule has 6 aromatic carbocycles. The summed E-state index contributed by atoms with van der Waals surface area (Å²) in [6.45, 7) is 0. The highest BCUT2D eigenvalue weighted by atomic mass is 32.2. The predicted octanol–water partition coefficient (Wildman–Crippen LogP) is 9.91. The number of benzene rings is 6. The Bertz CT molecular complexity index is 2530. The summed E-state index contributed by atoms with van der Waals surface area (Å²) in [6, 6.07) is 40.8. The van der Waals surface area contributed by atoms with Gasteiger partial charge < -0.3 is 8.83 Å². The summed E-state index contributed by atoms with van der Waals surface area (Å²) < 4.78 is 38.9. The topological polar surface area (TPSA) is 60.4 Å². The van der Waals surface area contributed by atoms with Crippen LogP contribution in [-0.2, 0) is 21.3 Å². The lowest BCUT2D eigenvalue weighted by atomic mass is 9.90. The van der Waals surface area contributed by atoms with Crippen LogP contribution in [0.2, 0.25) is 0 Å². The Hall–Kier alpha value is -5.13. The van der Waals surface area contributed by atoms with Crippen molar-refractivity contribution in [1.29, 1.82) is 0 Å². The number of hydrogen-bond donors (Lipinski definition) is 0. The van der Waals surface area contributed by atoms with Gasteiger partial charge in [0, 0.05) is 27.1 Å². The molecule has 0 saturated heterocycles. The van der Waals surface area contributed by atoms with Crippen molar-refractivity contribution in [3.8, 4) is 33.4 Å². The molecule has 1 aliphatic heterocycles. The van der Waals surface area contributed by atoms with Gasteiger partial charge in [-0.1, -0.05) is 84.9 Å². The molecule has 0 spiro atoms. The highest BCUT2D eigenvalue weighted by molar-refractivity contribution is 7.89. The van der Waals surface area contributed by atoms with Gasteiger partial charge in [-0.3, -0.25) is 0 Å². The van der Waals surface area contributed by atoms with Gasteiger partial charge in [-0.05, 0) is 75.3 Å². The first kappa shape index (κ1) is 24.5. The van der Waals surface area contributed by atoms with Gasteiger partial charge in [0.1, 0.15) is 22.3 Å². The van der Waals surface area contributed by atoms with Crippen molar-refractivity contribution < 1.29 is 17.3 Å². The molecule has 8 aromatic rings. The van der Waals surface area contributed by atoms with E-state index in [1.807, 2.05) is 60.7 Å². The van der Waals surface area contributed by atoms with Crippen LogP contribution in [0.25, 0.3) is 77.3 Å². The molecule has 0 N–H and O–H groups in total. The molecular formula is C38H24O4S. The third-order valence-corrected chi connectivity index (χ3v) is 10.2. The Balaban J connectivity index is 1.23. The normalized spacial score (nSPS) is 14.2. The fourth-order valence-corrected chi connectivity index (χ4v) is 8.21. The van der Waals surface area contributed by atoms with Crippen molar-refractivity contribution in [2.45, 2.75) is 11.5 Å². The molecule has 0 saturated carbocycles. The minimum Gasteiger partial charge on any atom is -0.456 e. The van der Waals surface area contributed by atoms with E-state index in [-0.39, 0.29) is 11.5 Å². The average molecular weight is 577 g/mol. The summed E-state index contributed by atoms with van der Waals surface area (Å²) in [6.07, 6.45) is 0. The summed E-state index contributed by atoms with van der Waals surface area (Å²) in [4.78, 5) is 0. The molecule has 0 aliphatic carbocycles. The fourth-order valence-electron chi connectivity index (χ4n) is 6.66. The summed E-state index contributed by atoms with van der Waals surface area (Å²) in [5, 5.41) is 4.32. The second-order valence-corrected chi connectivity index (χ2v) is 13.4. The third kappa shape index (κ3) is 3.85. The van der Waals surface area contributed by atoms with E-state index in [1.165, 1.54) is 0 Å². The van der Waals surface area contributed by atoms with E-state index in [0.29, 0.717) is 0 Å². The first-order valence-corrected chi connectivity index (χ1v) is 16.1. The molecule has 0 bridgehead atoms. The van der Waals surface area contributed by atoms with Crippen LogP contribution in [0.3, 0.4) is 0 Å². The van der Waals surface area contributed by atoms with Crippen molar-refractivity contribution in [2.75, 3.05) is 0 Å². The van der Waals surface area contributed by atoms with E-state index in [4.69, 9.17) is 8.83 Å². The number of sulfone groups is 1. The van der Waals surface area contributed by atoms with Gasteiger partial charge in [-0.15, -0.1) is 0 Å². The lowest BCUT2D eigenvalue weighted by Crippen LogP contribution is -2.05. The molecule has 1 aliphatic rings. The van der Waals surface area contributed by atoms with Crippen LogP contribution < -0.4 is 0 Å².